The summed E-state index contributed by atoms with van der Waals surface area (Å²) in [5, 5.41) is 3.04. The van der Waals surface area contributed by atoms with Crippen LogP contribution in [0.1, 0.15) is 33.1 Å². The predicted octanol–water partition coefficient (Wildman–Crippen LogP) is 2.84. The van der Waals surface area contributed by atoms with E-state index in [0.29, 0.717) is 37.6 Å². The molecule has 1 amide bonds. The van der Waals surface area contributed by atoms with Crippen molar-refractivity contribution in [2.45, 2.75) is 33.1 Å². The Kier molecular flexibility index (Phi) is 10.2. The van der Waals surface area contributed by atoms with Crippen LogP contribution in [0.3, 0.4) is 0 Å². The molecule has 7 nitrogen and oxygen atoms in total. The van der Waals surface area contributed by atoms with E-state index in [2.05, 4.69) is 10.3 Å². The smallest absolute Gasteiger partial charge is 0.224 e. The highest BCUT2D eigenvalue weighted by Crippen LogP contribution is 2.29. The van der Waals surface area contributed by atoms with Gasteiger partial charge < -0.3 is 25.4 Å². The Morgan fingerprint density at radius 1 is 1.23 bits per heavy atom. The van der Waals surface area contributed by atoms with Crippen molar-refractivity contribution in [2.75, 3.05) is 38.2 Å². The minimum Gasteiger partial charge on any atom is -0.494 e. The molecule has 3 N–H and O–H groups in total. The first-order valence-corrected chi connectivity index (χ1v) is 8.88. The van der Waals surface area contributed by atoms with Gasteiger partial charge in [0, 0.05) is 25.6 Å². The summed E-state index contributed by atoms with van der Waals surface area (Å²) in [5.41, 5.74) is 6.65. The summed E-state index contributed by atoms with van der Waals surface area (Å²) >= 11 is 0. The number of aliphatic imine (C=N–C) groups is 1. The van der Waals surface area contributed by atoms with E-state index in [-0.39, 0.29) is 35.8 Å². The van der Waals surface area contributed by atoms with E-state index in [1.165, 1.54) is 0 Å². The average molecular weight is 476 g/mol. The van der Waals surface area contributed by atoms with Crippen molar-refractivity contribution in [2.24, 2.45) is 10.7 Å². The van der Waals surface area contributed by atoms with Crippen LogP contribution >= 0.6 is 24.0 Å². The second-order valence-electron chi connectivity index (χ2n) is 5.75. The lowest BCUT2D eigenvalue weighted by molar-refractivity contribution is -0.129. The number of halogens is 1. The summed E-state index contributed by atoms with van der Waals surface area (Å²) in [6, 6.07) is 5.51. The highest BCUT2D eigenvalue weighted by atomic mass is 127. The van der Waals surface area contributed by atoms with Crippen molar-refractivity contribution < 1.29 is 14.3 Å². The molecule has 1 aliphatic heterocycles. The van der Waals surface area contributed by atoms with Crippen LogP contribution in [0, 0.1) is 0 Å². The molecule has 26 heavy (non-hydrogen) atoms. The Morgan fingerprint density at radius 3 is 2.58 bits per heavy atom. The highest BCUT2D eigenvalue weighted by Gasteiger charge is 2.17. The summed E-state index contributed by atoms with van der Waals surface area (Å²) in [6.07, 6.45) is 2.56. The van der Waals surface area contributed by atoms with Crippen molar-refractivity contribution in [3.63, 3.8) is 0 Å². The van der Waals surface area contributed by atoms with Gasteiger partial charge in [0.25, 0.3) is 0 Å². The molecule has 0 aromatic heterocycles. The molecular formula is C18H29IN4O3. The van der Waals surface area contributed by atoms with Crippen LogP contribution in [0.5, 0.6) is 11.5 Å². The Balaban J connectivity index is 0.00000338. The van der Waals surface area contributed by atoms with Crippen molar-refractivity contribution in [3.05, 3.63) is 18.2 Å². The number of nitrogens with two attached hydrogens (primary N) is 1. The second kappa shape index (κ2) is 11.8. The van der Waals surface area contributed by atoms with Crippen molar-refractivity contribution in [3.8, 4) is 11.5 Å². The van der Waals surface area contributed by atoms with E-state index in [1.807, 2.05) is 36.9 Å². The molecule has 1 aromatic carbocycles. The Morgan fingerprint density at radius 2 is 1.92 bits per heavy atom. The van der Waals surface area contributed by atoms with Gasteiger partial charge in [0.05, 0.1) is 25.4 Å². The van der Waals surface area contributed by atoms with Crippen LogP contribution in [-0.4, -0.2) is 49.6 Å². The fraction of sp³-hybridized carbons (Fsp3) is 0.556. The fourth-order valence-electron chi connectivity index (χ4n) is 2.72. The Bertz CT molecular complexity index is 604. The quantitative estimate of drug-likeness (QED) is 0.342. The average Bonchev–Trinajstić information content (AvgIpc) is 3.12. The normalized spacial score (nSPS) is 13.9. The maximum Gasteiger partial charge on any atom is 0.224 e. The molecule has 0 unspecified atom stereocenters. The van der Waals surface area contributed by atoms with E-state index in [1.54, 1.807) is 0 Å². The number of rotatable bonds is 8. The topological polar surface area (TPSA) is 89.2 Å². The zero-order valence-electron chi connectivity index (χ0n) is 15.5. The summed E-state index contributed by atoms with van der Waals surface area (Å²) < 4.78 is 11.1. The summed E-state index contributed by atoms with van der Waals surface area (Å²) in [6.45, 7) is 7.05. The van der Waals surface area contributed by atoms with Gasteiger partial charge in [0.2, 0.25) is 5.91 Å². The van der Waals surface area contributed by atoms with Crippen LogP contribution < -0.4 is 20.5 Å². The van der Waals surface area contributed by atoms with Crippen molar-refractivity contribution >= 4 is 41.5 Å². The third-order valence-electron chi connectivity index (χ3n) is 3.89. The van der Waals surface area contributed by atoms with Gasteiger partial charge in [-0.3, -0.25) is 9.79 Å². The van der Waals surface area contributed by atoms with Crippen molar-refractivity contribution in [1.82, 2.24) is 4.90 Å². The number of nitrogens with zero attached hydrogens (tertiary/aromatic N) is 2. The van der Waals surface area contributed by atoms with Gasteiger partial charge in [-0.15, -0.1) is 24.0 Å². The third kappa shape index (κ3) is 6.89. The zero-order valence-corrected chi connectivity index (χ0v) is 17.8. The standard InChI is InChI=1S/C18H28N4O3.HI/c1-3-24-14-7-8-16(25-4-2)15(13-14)21-18(19)20-10-9-17(23)22-11-5-6-12-22;/h7-8,13H,3-6,9-12H2,1-2H3,(H3,19,20,21);1H. The monoisotopic (exact) mass is 476 g/mol. The first-order valence-electron chi connectivity index (χ1n) is 8.88. The number of guanidine groups is 1. The maximum atomic E-state index is 12.0. The lowest BCUT2D eigenvalue weighted by atomic mass is 10.2. The molecule has 0 aliphatic carbocycles. The van der Waals surface area contributed by atoms with Gasteiger partial charge in [0.1, 0.15) is 11.5 Å². The van der Waals surface area contributed by atoms with Gasteiger partial charge in [-0.1, -0.05) is 0 Å². The van der Waals surface area contributed by atoms with E-state index >= 15 is 0 Å². The van der Waals surface area contributed by atoms with E-state index in [4.69, 9.17) is 15.2 Å². The van der Waals surface area contributed by atoms with Gasteiger partial charge in [-0.2, -0.15) is 0 Å². The minimum absolute atomic E-state index is 0. The molecular weight excluding hydrogens is 447 g/mol. The number of likely N-dealkylation sites (tertiary alicyclic amines) is 1. The van der Waals surface area contributed by atoms with Crippen LogP contribution in [0.25, 0.3) is 0 Å². The molecule has 1 aromatic rings. The number of benzene rings is 1. The minimum atomic E-state index is 0. The molecule has 1 heterocycles. The highest BCUT2D eigenvalue weighted by molar-refractivity contribution is 14.0. The largest absolute Gasteiger partial charge is 0.494 e. The number of anilines is 1. The molecule has 8 heteroatoms. The van der Waals surface area contributed by atoms with Gasteiger partial charge in [0.15, 0.2) is 5.96 Å². The van der Waals surface area contributed by atoms with Crippen LogP contribution in [0.2, 0.25) is 0 Å². The molecule has 0 radical (unpaired) electrons. The Hall–Kier alpha value is -1.71. The van der Waals surface area contributed by atoms with Crippen LogP contribution in [0.4, 0.5) is 5.69 Å². The van der Waals surface area contributed by atoms with E-state index in [0.717, 1.165) is 31.7 Å². The van der Waals surface area contributed by atoms with E-state index < -0.39 is 0 Å². The summed E-state index contributed by atoms with van der Waals surface area (Å²) in [4.78, 5) is 18.1. The molecule has 146 valence electrons. The molecule has 1 saturated heterocycles. The SMILES string of the molecule is CCOc1ccc(OCC)c(NC(N)=NCCC(=O)N2CCCC2)c1.I. The predicted molar refractivity (Wildman–Crippen MR) is 115 cm³/mol. The van der Waals surface area contributed by atoms with Crippen LogP contribution in [-0.2, 0) is 4.79 Å². The van der Waals surface area contributed by atoms with Crippen LogP contribution in [0.15, 0.2) is 23.2 Å². The molecule has 0 bridgehead atoms. The lowest BCUT2D eigenvalue weighted by Gasteiger charge is -2.15. The number of amides is 1. The number of hydrogen-bond donors (Lipinski definition) is 2. The first-order chi connectivity index (χ1) is 12.1. The van der Waals surface area contributed by atoms with Gasteiger partial charge in [-0.25, -0.2) is 0 Å². The maximum absolute atomic E-state index is 12.0. The number of carbonyl (C=O) groups excluding carboxylic acids is 1. The molecule has 1 aliphatic rings. The number of carbonyl (C=O) groups is 1. The molecule has 1 fully saturated rings. The first kappa shape index (κ1) is 22.3. The molecule has 2 rings (SSSR count). The number of nitrogens with one attached hydrogen (secondary N) is 1. The molecule has 0 saturated carbocycles. The zero-order chi connectivity index (χ0) is 18.1. The second-order valence-corrected chi connectivity index (χ2v) is 5.75. The summed E-state index contributed by atoms with van der Waals surface area (Å²) in [5.74, 6) is 1.80. The van der Waals surface area contributed by atoms with Crippen molar-refractivity contribution in [1.29, 1.82) is 0 Å². The third-order valence-corrected chi connectivity index (χ3v) is 3.89. The van der Waals surface area contributed by atoms with Gasteiger partial charge in [-0.05, 0) is 38.8 Å². The number of hydrogen-bond acceptors (Lipinski definition) is 4. The fourth-order valence-corrected chi connectivity index (χ4v) is 2.72. The lowest BCUT2D eigenvalue weighted by Crippen LogP contribution is -2.28. The van der Waals surface area contributed by atoms with E-state index in [9.17, 15) is 4.79 Å². The number of ether oxygens (including phenoxy) is 2. The van der Waals surface area contributed by atoms with Gasteiger partial charge >= 0.3 is 0 Å². The Labute approximate surface area is 172 Å². The summed E-state index contributed by atoms with van der Waals surface area (Å²) in [7, 11) is 0. The molecule has 0 spiro atoms. The molecule has 0 atom stereocenters.